The lowest BCUT2D eigenvalue weighted by atomic mass is 9.94. The molecule has 44 heavy (non-hydrogen) atoms. The van der Waals surface area contributed by atoms with Gasteiger partial charge in [0, 0.05) is 16.7 Å². The molecule has 1 heterocycles. The lowest BCUT2D eigenvalue weighted by Crippen LogP contribution is -2.02. The Bertz CT molecular complexity index is 1230. The second-order valence-electron chi connectivity index (χ2n) is 13.2. The number of unbranched alkanes of at least 4 members (excludes halogenated alkanes) is 17. The fourth-order valence-corrected chi connectivity index (χ4v) is 6.58. The largest absolute Gasteiger partial charge is 0.493 e. The van der Waals surface area contributed by atoms with Crippen LogP contribution in [0.1, 0.15) is 165 Å². The number of allylic oxidation sites excluding steroid dienone is 4. The van der Waals surface area contributed by atoms with Crippen LogP contribution in [-0.4, -0.2) is 4.70 Å². The normalized spacial score (nSPS) is 13.7. The van der Waals surface area contributed by atoms with Crippen LogP contribution in [0.15, 0.2) is 71.8 Å². The van der Waals surface area contributed by atoms with Crippen molar-refractivity contribution in [2.75, 3.05) is 0 Å². The van der Waals surface area contributed by atoms with E-state index >= 15 is 0 Å². The minimum Gasteiger partial charge on any atom is -0.493 e. The van der Waals surface area contributed by atoms with Crippen molar-refractivity contribution in [3.8, 4) is 0 Å². The maximum atomic E-state index is 11.7. The first kappa shape index (κ1) is 35.7. The first-order chi connectivity index (χ1) is 21.6. The van der Waals surface area contributed by atoms with E-state index in [1.807, 2.05) is 0 Å². The highest BCUT2D eigenvalue weighted by atomic mass is 15.2. The molecule has 1 aliphatic rings. The molecule has 0 unspecified atom stereocenters. The Morgan fingerprint density at radius 3 is 1.50 bits per heavy atom. The smallest absolute Gasteiger partial charge is 0.215 e. The van der Waals surface area contributed by atoms with Crippen molar-refractivity contribution in [3.63, 3.8) is 0 Å². The fourth-order valence-electron chi connectivity index (χ4n) is 6.58. The van der Waals surface area contributed by atoms with E-state index in [-0.39, 0.29) is 0 Å². The van der Waals surface area contributed by atoms with Gasteiger partial charge in [-0.25, -0.2) is 4.70 Å². The number of hydrogen-bond acceptors (Lipinski definition) is 0. The molecule has 3 rings (SSSR count). The summed E-state index contributed by atoms with van der Waals surface area (Å²) < 4.78 is 1.48. The third kappa shape index (κ3) is 12.0. The van der Waals surface area contributed by atoms with E-state index in [0.717, 1.165) is 48.2 Å². The predicted molar refractivity (Wildman–Crippen MR) is 193 cm³/mol. The molecule has 2 heteroatoms. The van der Waals surface area contributed by atoms with E-state index in [1.165, 1.54) is 130 Å². The summed E-state index contributed by atoms with van der Waals surface area (Å²) in [4.78, 5) is 0. The summed E-state index contributed by atoms with van der Waals surface area (Å²) in [5.41, 5.74) is 20.6. The molecule has 1 aliphatic heterocycles. The molecule has 2 nitrogen and oxygen atoms in total. The van der Waals surface area contributed by atoms with Crippen molar-refractivity contribution < 1.29 is 4.70 Å². The quantitative estimate of drug-likeness (QED) is 0.0903. The third-order valence-electron chi connectivity index (χ3n) is 9.16. The minimum atomic E-state index is 0.916. The van der Waals surface area contributed by atoms with Crippen LogP contribution in [0.3, 0.4) is 0 Å². The van der Waals surface area contributed by atoms with E-state index in [0.29, 0.717) is 0 Å². The highest BCUT2D eigenvalue weighted by Gasteiger charge is 2.34. The highest BCUT2D eigenvalue weighted by molar-refractivity contribution is 5.84. The maximum absolute atomic E-state index is 11.7. The molecule has 0 saturated carbocycles. The number of benzene rings is 2. The zero-order chi connectivity index (χ0) is 31.4. The summed E-state index contributed by atoms with van der Waals surface area (Å²) in [6.07, 6.45) is 31.4. The molecule has 0 N–H and O–H groups in total. The Morgan fingerprint density at radius 1 is 0.568 bits per heavy atom. The standard InChI is InChI=1S/C42H62N2/c1-5-7-9-10-11-12-13-14-15-16-17-18-19-20-21-22-23-24-32-40-39(31-8-6-2)41(37-29-25-27-35(3)33-37)44(43)42(40)38-30-26-28-36(4)34-38/h24-30,32-34H,5-23,31H2,1-4H3. The van der Waals surface area contributed by atoms with Crippen LogP contribution >= 0.6 is 0 Å². The average molecular weight is 595 g/mol. The second-order valence-corrected chi connectivity index (χ2v) is 13.2. The Kier molecular flexibility index (Phi) is 17.1. The Labute approximate surface area is 271 Å². The molecule has 2 aromatic rings. The van der Waals surface area contributed by atoms with Crippen LogP contribution in [-0.2, 0) is 0 Å². The second kappa shape index (κ2) is 21.1. The number of rotatable bonds is 23. The van der Waals surface area contributed by atoms with Crippen molar-refractivity contribution >= 4 is 11.4 Å². The summed E-state index contributed by atoms with van der Waals surface area (Å²) in [7, 11) is 0. The van der Waals surface area contributed by atoms with Crippen molar-refractivity contribution in [2.24, 2.45) is 0 Å². The number of hydrogen-bond donors (Lipinski definition) is 0. The number of nitrogens with zero attached hydrogens (tertiary/aromatic N) is 2. The van der Waals surface area contributed by atoms with Gasteiger partial charge in [0.2, 0.25) is 11.4 Å². The van der Waals surface area contributed by atoms with Crippen molar-refractivity contribution in [2.45, 2.75) is 156 Å². The van der Waals surface area contributed by atoms with Gasteiger partial charge in [-0.15, -0.1) is 0 Å². The lowest BCUT2D eigenvalue weighted by molar-refractivity contribution is -0.345. The Hall–Kier alpha value is -2.74. The molecule has 0 radical (unpaired) electrons. The predicted octanol–water partition coefficient (Wildman–Crippen LogP) is 13.9. The summed E-state index contributed by atoms with van der Waals surface area (Å²) in [5.74, 6) is 0. The summed E-state index contributed by atoms with van der Waals surface area (Å²) in [6.45, 7) is 8.79. The van der Waals surface area contributed by atoms with E-state index in [9.17, 15) is 5.53 Å². The minimum absolute atomic E-state index is 0.916. The monoisotopic (exact) mass is 594 g/mol. The molecule has 0 fully saturated rings. The maximum Gasteiger partial charge on any atom is 0.215 e. The lowest BCUT2D eigenvalue weighted by Gasteiger charge is -2.10. The zero-order valence-electron chi connectivity index (χ0n) is 28.8. The highest BCUT2D eigenvalue weighted by Crippen LogP contribution is 2.43. The van der Waals surface area contributed by atoms with Gasteiger partial charge in [-0.1, -0.05) is 164 Å². The molecule has 0 atom stereocenters. The molecule has 0 aromatic heterocycles. The molecular weight excluding hydrogens is 532 g/mol. The van der Waals surface area contributed by atoms with E-state index in [2.05, 4.69) is 88.4 Å². The van der Waals surface area contributed by atoms with Crippen molar-refractivity contribution in [1.82, 2.24) is 0 Å². The van der Waals surface area contributed by atoms with Crippen LogP contribution in [0.25, 0.3) is 16.9 Å². The van der Waals surface area contributed by atoms with Gasteiger partial charge in [0.15, 0.2) is 0 Å². The van der Waals surface area contributed by atoms with Gasteiger partial charge in [-0.05, 0) is 63.8 Å². The summed E-state index contributed by atoms with van der Waals surface area (Å²) in [6, 6.07) is 17.1. The third-order valence-corrected chi connectivity index (χ3v) is 9.16. The summed E-state index contributed by atoms with van der Waals surface area (Å²) in [5, 5.41) is 0. The van der Waals surface area contributed by atoms with Gasteiger partial charge >= 0.3 is 0 Å². The zero-order valence-corrected chi connectivity index (χ0v) is 28.8. The molecule has 0 bridgehead atoms. The average Bonchev–Trinajstić information content (AvgIpc) is 3.29. The van der Waals surface area contributed by atoms with Gasteiger partial charge < -0.3 is 5.53 Å². The molecule has 240 valence electrons. The van der Waals surface area contributed by atoms with Crippen LogP contribution in [0.5, 0.6) is 0 Å². The molecular formula is C42H62N2. The van der Waals surface area contributed by atoms with Crippen molar-refractivity contribution in [1.29, 1.82) is 0 Å². The summed E-state index contributed by atoms with van der Waals surface area (Å²) >= 11 is 0. The van der Waals surface area contributed by atoms with Crippen LogP contribution in [0.4, 0.5) is 0 Å². The van der Waals surface area contributed by atoms with Crippen LogP contribution in [0.2, 0.25) is 0 Å². The van der Waals surface area contributed by atoms with Crippen LogP contribution in [0, 0.1) is 13.8 Å². The molecule has 0 saturated heterocycles. The van der Waals surface area contributed by atoms with E-state index < -0.39 is 0 Å². The molecule has 0 amide bonds. The Morgan fingerprint density at radius 2 is 1.02 bits per heavy atom. The van der Waals surface area contributed by atoms with Gasteiger partial charge in [0.25, 0.3) is 0 Å². The number of aryl methyl sites for hydroxylation is 2. The molecule has 2 aromatic carbocycles. The van der Waals surface area contributed by atoms with Crippen molar-refractivity contribution in [3.05, 3.63) is 99.6 Å². The van der Waals surface area contributed by atoms with Gasteiger partial charge in [-0.3, -0.25) is 0 Å². The first-order valence-electron chi connectivity index (χ1n) is 18.3. The van der Waals surface area contributed by atoms with Gasteiger partial charge in [0.05, 0.1) is 5.57 Å². The van der Waals surface area contributed by atoms with Gasteiger partial charge in [0.1, 0.15) is 0 Å². The first-order valence-corrected chi connectivity index (χ1v) is 18.3. The van der Waals surface area contributed by atoms with E-state index in [1.54, 1.807) is 0 Å². The van der Waals surface area contributed by atoms with Gasteiger partial charge in [-0.2, -0.15) is 0 Å². The topological polar surface area (TPSA) is 25.3 Å². The molecule has 0 aliphatic carbocycles. The molecule has 0 spiro atoms. The Balaban J connectivity index is 1.50. The fraction of sp³-hybridized carbons (Fsp3) is 0.571. The SMILES string of the molecule is CCCCCCCCCCCCCCCCCCC=CC1=C(c2cccc(C)c2)[N+](=[N-])C(c2cccc(C)c2)=C1CCCC. The van der Waals surface area contributed by atoms with Crippen LogP contribution < -0.4 is 0 Å². The van der Waals surface area contributed by atoms with E-state index in [4.69, 9.17) is 0 Å².